The van der Waals surface area contributed by atoms with Crippen molar-refractivity contribution < 1.29 is 23.1 Å². The van der Waals surface area contributed by atoms with Gasteiger partial charge in [0.15, 0.2) is 0 Å². The van der Waals surface area contributed by atoms with Crippen molar-refractivity contribution in [2.75, 3.05) is 6.54 Å². The predicted octanol–water partition coefficient (Wildman–Crippen LogP) is 3.45. The summed E-state index contributed by atoms with van der Waals surface area (Å²) in [6.45, 7) is 7.19. The van der Waals surface area contributed by atoms with Crippen molar-refractivity contribution in [1.29, 1.82) is 0 Å². The van der Waals surface area contributed by atoms with Gasteiger partial charge in [0.2, 0.25) is 5.91 Å². The molecule has 0 aliphatic carbocycles. The molecule has 0 saturated heterocycles. The lowest BCUT2D eigenvalue weighted by Crippen LogP contribution is -2.33. The van der Waals surface area contributed by atoms with Gasteiger partial charge in [-0.1, -0.05) is 6.07 Å². The standard InChI is InChI=1S/C17H24F2N2O3/c1-11(13-8-7-12(18)10-14(13)19)21-15(22)6-5-9-20-16(23)24-17(2,3)4/h7-8,10-11H,5-6,9H2,1-4H3,(H,20,23)(H,21,22)/t11-/m1/s1. The van der Waals surface area contributed by atoms with Crippen LogP contribution < -0.4 is 10.6 Å². The number of benzene rings is 1. The highest BCUT2D eigenvalue weighted by atomic mass is 19.1. The van der Waals surface area contributed by atoms with Crippen molar-refractivity contribution in [3.63, 3.8) is 0 Å². The zero-order chi connectivity index (χ0) is 18.3. The van der Waals surface area contributed by atoms with Crippen molar-refractivity contribution in [2.24, 2.45) is 0 Å². The Labute approximate surface area is 140 Å². The summed E-state index contributed by atoms with van der Waals surface area (Å²) in [6, 6.07) is 2.66. The molecule has 7 heteroatoms. The fourth-order valence-corrected chi connectivity index (χ4v) is 2.00. The molecule has 0 spiro atoms. The lowest BCUT2D eigenvalue weighted by atomic mass is 10.1. The zero-order valence-corrected chi connectivity index (χ0v) is 14.4. The number of ether oxygens (including phenoxy) is 1. The minimum Gasteiger partial charge on any atom is -0.444 e. The second kappa shape index (κ2) is 8.61. The molecule has 0 fully saturated rings. The molecule has 1 aromatic rings. The van der Waals surface area contributed by atoms with Crippen LogP contribution in [0.25, 0.3) is 0 Å². The molecule has 134 valence electrons. The summed E-state index contributed by atoms with van der Waals surface area (Å²) in [5, 5.41) is 5.19. The number of halogens is 2. The Morgan fingerprint density at radius 1 is 1.25 bits per heavy atom. The Bertz CT molecular complexity index is 586. The second-order valence-electron chi connectivity index (χ2n) is 6.49. The van der Waals surface area contributed by atoms with Crippen molar-refractivity contribution in [1.82, 2.24) is 10.6 Å². The first-order valence-electron chi connectivity index (χ1n) is 7.79. The highest BCUT2D eigenvalue weighted by Gasteiger charge is 2.16. The minimum absolute atomic E-state index is 0.170. The van der Waals surface area contributed by atoms with E-state index in [1.165, 1.54) is 6.07 Å². The van der Waals surface area contributed by atoms with Crippen LogP contribution in [0.2, 0.25) is 0 Å². The van der Waals surface area contributed by atoms with E-state index in [9.17, 15) is 18.4 Å². The van der Waals surface area contributed by atoms with E-state index in [0.29, 0.717) is 13.0 Å². The maximum Gasteiger partial charge on any atom is 0.407 e. The highest BCUT2D eigenvalue weighted by molar-refractivity contribution is 5.76. The summed E-state index contributed by atoms with van der Waals surface area (Å²) in [5.41, 5.74) is -0.354. The molecule has 0 aromatic heterocycles. The SMILES string of the molecule is C[C@@H](NC(=O)CCCNC(=O)OC(C)(C)C)c1ccc(F)cc1F. The smallest absolute Gasteiger partial charge is 0.407 e. The molecule has 2 N–H and O–H groups in total. The zero-order valence-electron chi connectivity index (χ0n) is 14.4. The summed E-state index contributed by atoms with van der Waals surface area (Å²) >= 11 is 0. The van der Waals surface area contributed by atoms with Crippen LogP contribution in [0.3, 0.4) is 0 Å². The fourth-order valence-electron chi connectivity index (χ4n) is 2.00. The van der Waals surface area contributed by atoms with Gasteiger partial charge in [-0.3, -0.25) is 4.79 Å². The van der Waals surface area contributed by atoms with Crippen LogP contribution in [0.15, 0.2) is 18.2 Å². The Balaban J connectivity index is 2.32. The molecule has 0 aliphatic rings. The van der Waals surface area contributed by atoms with E-state index in [2.05, 4.69) is 10.6 Å². The van der Waals surface area contributed by atoms with Gasteiger partial charge in [-0.2, -0.15) is 0 Å². The van der Waals surface area contributed by atoms with E-state index < -0.39 is 29.4 Å². The van der Waals surface area contributed by atoms with Crippen LogP contribution >= 0.6 is 0 Å². The van der Waals surface area contributed by atoms with Gasteiger partial charge in [-0.05, 0) is 40.2 Å². The Morgan fingerprint density at radius 2 is 1.92 bits per heavy atom. The first-order valence-corrected chi connectivity index (χ1v) is 7.79. The molecule has 0 heterocycles. The molecule has 0 radical (unpaired) electrons. The average Bonchev–Trinajstić information content (AvgIpc) is 2.41. The molecule has 1 atom stereocenters. The summed E-state index contributed by atoms with van der Waals surface area (Å²) in [6.07, 6.45) is 0.0526. The van der Waals surface area contributed by atoms with Crippen LogP contribution in [-0.2, 0) is 9.53 Å². The van der Waals surface area contributed by atoms with Crippen LogP contribution in [0.5, 0.6) is 0 Å². The molecular weight excluding hydrogens is 318 g/mol. The molecule has 0 bridgehead atoms. The average molecular weight is 342 g/mol. The molecule has 0 unspecified atom stereocenters. The van der Waals surface area contributed by atoms with Gasteiger partial charge >= 0.3 is 6.09 Å². The number of hydrogen-bond donors (Lipinski definition) is 2. The van der Waals surface area contributed by atoms with E-state index in [4.69, 9.17) is 4.74 Å². The van der Waals surface area contributed by atoms with Gasteiger partial charge in [0.25, 0.3) is 0 Å². The second-order valence-corrected chi connectivity index (χ2v) is 6.49. The fraction of sp³-hybridized carbons (Fsp3) is 0.529. The highest BCUT2D eigenvalue weighted by Crippen LogP contribution is 2.17. The van der Waals surface area contributed by atoms with E-state index in [-0.39, 0.29) is 17.9 Å². The number of carbonyl (C=O) groups is 2. The Kier molecular flexibility index (Phi) is 7.13. The third-order valence-electron chi connectivity index (χ3n) is 3.06. The van der Waals surface area contributed by atoms with Gasteiger partial charge in [0.1, 0.15) is 17.2 Å². The van der Waals surface area contributed by atoms with Gasteiger partial charge < -0.3 is 15.4 Å². The summed E-state index contributed by atoms with van der Waals surface area (Å²) in [4.78, 5) is 23.3. The van der Waals surface area contributed by atoms with E-state index >= 15 is 0 Å². The quantitative estimate of drug-likeness (QED) is 0.778. The topological polar surface area (TPSA) is 67.4 Å². The third-order valence-corrected chi connectivity index (χ3v) is 3.06. The Morgan fingerprint density at radius 3 is 2.50 bits per heavy atom. The van der Waals surface area contributed by atoms with E-state index in [1.54, 1.807) is 27.7 Å². The normalized spacial score (nSPS) is 12.4. The molecule has 24 heavy (non-hydrogen) atoms. The van der Waals surface area contributed by atoms with Crippen LogP contribution in [-0.4, -0.2) is 24.1 Å². The maximum absolute atomic E-state index is 13.6. The summed E-state index contributed by atoms with van der Waals surface area (Å²) < 4.78 is 31.6. The van der Waals surface area contributed by atoms with Crippen molar-refractivity contribution >= 4 is 12.0 Å². The first kappa shape index (κ1) is 19.9. The molecule has 1 rings (SSSR count). The van der Waals surface area contributed by atoms with Crippen LogP contribution in [0, 0.1) is 11.6 Å². The number of hydrogen-bond acceptors (Lipinski definition) is 3. The molecular formula is C17H24F2N2O3. The number of nitrogens with one attached hydrogen (secondary N) is 2. The van der Waals surface area contributed by atoms with Gasteiger partial charge in [-0.15, -0.1) is 0 Å². The van der Waals surface area contributed by atoms with E-state index in [1.807, 2.05) is 0 Å². The molecule has 2 amide bonds. The number of alkyl carbamates (subject to hydrolysis) is 1. The van der Waals surface area contributed by atoms with E-state index in [0.717, 1.165) is 12.1 Å². The monoisotopic (exact) mass is 342 g/mol. The largest absolute Gasteiger partial charge is 0.444 e. The van der Waals surface area contributed by atoms with Gasteiger partial charge in [0.05, 0.1) is 6.04 Å². The number of carbonyl (C=O) groups excluding carboxylic acids is 2. The van der Waals surface area contributed by atoms with Gasteiger partial charge in [-0.25, -0.2) is 13.6 Å². The maximum atomic E-state index is 13.6. The first-order chi connectivity index (χ1) is 11.1. The predicted molar refractivity (Wildman–Crippen MR) is 86.4 cm³/mol. The van der Waals surface area contributed by atoms with Crippen molar-refractivity contribution in [3.8, 4) is 0 Å². The summed E-state index contributed by atoms with van der Waals surface area (Å²) in [5.74, 6) is -1.64. The van der Waals surface area contributed by atoms with Gasteiger partial charge in [0, 0.05) is 24.6 Å². The van der Waals surface area contributed by atoms with Crippen LogP contribution in [0.1, 0.15) is 52.1 Å². The molecule has 5 nitrogen and oxygen atoms in total. The van der Waals surface area contributed by atoms with Crippen molar-refractivity contribution in [2.45, 2.75) is 52.2 Å². The minimum atomic E-state index is -0.700. The summed E-state index contributed by atoms with van der Waals surface area (Å²) in [7, 11) is 0. The molecule has 1 aromatic carbocycles. The van der Waals surface area contributed by atoms with Crippen molar-refractivity contribution in [3.05, 3.63) is 35.4 Å². The number of rotatable bonds is 6. The number of amides is 2. The third kappa shape index (κ3) is 7.39. The molecule has 0 saturated carbocycles. The Hall–Kier alpha value is -2.18. The lowest BCUT2D eigenvalue weighted by molar-refractivity contribution is -0.121. The lowest BCUT2D eigenvalue weighted by Gasteiger charge is -2.19. The molecule has 0 aliphatic heterocycles. The van der Waals surface area contributed by atoms with Crippen LogP contribution in [0.4, 0.5) is 13.6 Å².